The Morgan fingerprint density at radius 1 is 1.33 bits per heavy atom. The molecule has 4 heteroatoms. The maximum absolute atomic E-state index is 10.2. The molecule has 0 heterocycles. The van der Waals surface area contributed by atoms with Crippen LogP contribution in [0.4, 0.5) is 4.79 Å². The van der Waals surface area contributed by atoms with Crippen LogP contribution in [0.2, 0.25) is 0 Å². The van der Waals surface area contributed by atoms with E-state index in [1.165, 1.54) is 0 Å². The smallest absolute Gasteiger partial charge is 0.404 e. The van der Waals surface area contributed by atoms with Gasteiger partial charge in [-0.25, -0.2) is 4.79 Å². The largest absolute Gasteiger partial charge is 0.445 e. The van der Waals surface area contributed by atoms with Crippen molar-refractivity contribution in [2.75, 3.05) is 0 Å². The van der Waals surface area contributed by atoms with Crippen molar-refractivity contribution in [1.29, 1.82) is 0 Å². The Morgan fingerprint density at radius 2 is 1.92 bits per heavy atom. The van der Waals surface area contributed by atoms with E-state index in [1.807, 2.05) is 30.3 Å². The summed E-state index contributed by atoms with van der Waals surface area (Å²) in [5.41, 5.74) is 5.72. The molecule has 59 valence electrons. The van der Waals surface area contributed by atoms with Crippen molar-refractivity contribution in [2.45, 2.75) is 6.61 Å². The van der Waals surface area contributed by atoms with E-state index in [0.29, 0.717) is 0 Å². The van der Waals surface area contributed by atoms with Gasteiger partial charge in [-0.05, 0) is 5.56 Å². The topological polar surface area (TPSA) is 52.3 Å². The minimum Gasteiger partial charge on any atom is -0.445 e. The summed E-state index contributed by atoms with van der Waals surface area (Å²) in [7, 11) is 0. The summed E-state index contributed by atoms with van der Waals surface area (Å²) in [6.45, 7) is 0.246. The van der Waals surface area contributed by atoms with Gasteiger partial charge >= 0.3 is 6.09 Å². The molecule has 0 fully saturated rings. The number of nitrogens with two attached hydrogens (primary N) is 1. The van der Waals surface area contributed by atoms with Crippen molar-refractivity contribution in [3.63, 3.8) is 0 Å². The minimum absolute atomic E-state index is 0. The maximum Gasteiger partial charge on any atom is 0.404 e. The van der Waals surface area contributed by atoms with E-state index in [2.05, 4.69) is 4.74 Å². The number of hydrogen-bond donors (Lipinski definition) is 1. The molecule has 0 bridgehead atoms. The number of hydrogen-bond acceptors (Lipinski definition) is 2. The van der Waals surface area contributed by atoms with Crippen molar-refractivity contribution >= 4 is 57.5 Å². The molecule has 3 nitrogen and oxygen atoms in total. The quantitative estimate of drug-likeness (QED) is 0.704. The molecule has 0 aliphatic rings. The van der Waals surface area contributed by atoms with Gasteiger partial charge in [0.05, 0.1) is 0 Å². The predicted molar refractivity (Wildman–Crippen MR) is 46.6 cm³/mol. The molecule has 0 aromatic heterocycles. The van der Waals surface area contributed by atoms with Crippen LogP contribution in [-0.2, 0) is 11.3 Å². The van der Waals surface area contributed by atoms with E-state index in [1.54, 1.807) is 0 Å². The van der Waals surface area contributed by atoms with Crippen LogP contribution >= 0.6 is 0 Å². The Morgan fingerprint density at radius 3 is 2.42 bits per heavy atom. The third-order valence-corrected chi connectivity index (χ3v) is 1.22. The van der Waals surface area contributed by atoms with Crippen LogP contribution in [0, 0.1) is 0 Å². The number of rotatable bonds is 2. The van der Waals surface area contributed by atoms with Crippen molar-refractivity contribution in [3.05, 3.63) is 35.9 Å². The van der Waals surface area contributed by atoms with Gasteiger partial charge in [-0.2, -0.15) is 0 Å². The summed E-state index contributed by atoms with van der Waals surface area (Å²) < 4.78 is 4.57. The summed E-state index contributed by atoms with van der Waals surface area (Å²) in [5, 5.41) is 0. The van der Waals surface area contributed by atoms with Gasteiger partial charge in [-0.1, -0.05) is 30.3 Å². The second-order valence-electron chi connectivity index (χ2n) is 2.09. The Labute approximate surface area is 114 Å². The predicted octanol–water partition coefficient (Wildman–Crippen LogP) is 0.901. The molecule has 0 saturated carbocycles. The first kappa shape index (κ1) is 12.1. The first-order valence-electron chi connectivity index (χ1n) is 3.25. The molecule has 0 saturated heterocycles. The number of amides is 1. The monoisotopic (exact) mass is 190 g/mol. The molecule has 1 radical (unpaired) electrons. The van der Waals surface area contributed by atoms with Crippen molar-refractivity contribution in [3.8, 4) is 0 Å². The van der Waals surface area contributed by atoms with Crippen molar-refractivity contribution in [2.24, 2.45) is 5.73 Å². The summed E-state index contributed by atoms with van der Waals surface area (Å²) >= 11 is 0. The van der Waals surface area contributed by atoms with Crippen LogP contribution < -0.4 is 5.73 Å². The van der Waals surface area contributed by atoms with Crippen LogP contribution in [0.25, 0.3) is 0 Å². The van der Waals surface area contributed by atoms with E-state index >= 15 is 0 Å². The zero-order chi connectivity index (χ0) is 8.10. The van der Waals surface area contributed by atoms with E-state index < -0.39 is 6.09 Å². The Balaban J connectivity index is 0.00000121. The SMILES string of the molecule is NC(=O)OCc1ccccc1.[K]. The molecule has 0 aliphatic carbocycles. The molecule has 1 rings (SSSR count). The second kappa shape index (κ2) is 6.62. The van der Waals surface area contributed by atoms with Crippen LogP contribution in [0.15, 0.2) is 30.3 Å². The summed E-state index contributed by atoms with van der Waals surface area (Å²) in [6.07, 6.45) is -0.742. The summed E-state index contributed by atoms with van der Waals surface area (Å²) in [6, 6.07) is 9.37. The Bertz CT molecular complexity index is 238. The van der Waals surface area contributed by atoms with Gasteiger partial charge in [-0.3, -0.25) is 0 Å². The molecular formula is C8H9KNO2. The summed E-state index contributed by atoms with van der Waals surface area (Å²) in [5.74, 6) is 0. The van der Waals surface area contributed by atoms with Crippen LogP contribution in [0.1, 0.15) is 5.56 Å². The zero-order valence-electron chi connectivity index (χ0n) is 6.99. The van der Waals surface area contributed by atoms with Crippen LogP contribution in [-0.4, -0.2) is 57.5 Å². The van der Waals surface area contributed by atoms with Gasteiger partial charge in [0.1, 0.15) is 6.61 Å². The van der Waals surface area contributed by atoms with Gasteiger partial charge < -0.3 is 10.5 Å². The Hall–Kier alpha value is 0.126. The molecule has 12 heavy (non-hydrogen) atoms. The molecule has 0 aliphatic heterocycles. The zero-order valence-corrected chi connectivity index (χ0v) is 10.1. The second-order valence-corrected chi connectivity index (χ2v) is 2.09. The van der Waals surface area contributed by atoms with Crippen LogP contribution in [0.5, 0.6) is 0 Å². The molecule has 1 aromatic rings. The van der Waals surface area contributed by atoms with Gasteiger partial charge in [0.15, 0.2) is 0 Å². The van der Waals surface area contributed by atoms with Gasteiger partial charge in [-0.15, -0.1) is 0 Å². The minimum atomic E-state index is -0.742. The number of carbonyl (C=O) groups is 1. The van der Waals surface area contributed by atoms with E-state index in [4.69, 9.17) is 5.73 Å². The standard InChI is InChI=1S/C8H9NO2.K/c9-8(10)11-6-7-4-2-1-3-5-7;/h1-5H,6H2,(H2,9,10);. The molecule has 0 unspecified atom stereocenters. The average molecular weight is 190 g/mol. The maximum atomic E-state index is 10.2. The fraction of sp³-hybridized carbons (Fsp3) is 0.125. The van der Waals surface area contributed by atoms with Crippen molar-refractivity contribution in [1.82, 2.24) is 0 Å². The van der Waals surface area contributed by atoms with Gasteiger partial charge in [0.25, 0.3) is 0 Å². The van der Waals surface area contributed by atoms with E-state index in [0.717, 1.165) is 5.56 Å². The van der Waals surface area contributed by atoms with E-state index in [9.17, 15) is 4.79 Å². The van der Waals surface area contributed by atoms with Gasteiger partial charge in [0, 0.05) is 51.4 Å². The summed E-state index contributed by atoms with van der Waals surface area (Å²) in [4.78, 5) is 10.2. The molecule has 0 spiro atoms. The molecule has 1 aromatic carbocycles. The molecule has 0 atom stereocenters. The number of ether oxygens (including phenoxy) is 1. The first-order chi connectivity index (χ1) is 5.29. The first-order valence-corrected chi connectivity index (χ1v) is 3.25. The van der Waals surface area contributed by atoms with Crippen molar-refractivity contribution < 1.29 is 9.53 Å². The number of primary amides is 1. The van der Waals surface area contributed by atoms with Gasteiger partial charge in [0.2, 0.25) is 0 Å². The third kappa shape index (κ3) is 4.90. The number of carbonyl (C=O) groups excluding carboxylic acids is 1. The molecular weight excluding hydrogens is 181 g/mol. The molecule has 2 N–H and O–H groups in total. The Kier molecular flexibility index (Phi) is 6.69. The average Bonchev–Trinajstić information content (AvgIpc) is 2.03. The fourth-order valence-corrected chi connectivity index (χ4v) is 0.729. The molecule has 1 amide bonds. The van der Waals surface area contributed by atoms with E-state index in [-0.39, 0.29) is 58.0 Å². The number of benzene rings is 1. The normalized spacial score (nSPS) is 8.33. The van der Waals surface area contributed by atoms with Crippen LogP contribution in [0.3, 0.4) is 0 Å². The fourth-order valence-electron chi connectivity index (χ4n) is 0.729. The third-order valence-electron chi connectivity index (χ3n) is 1.22.